The first kappa shape index (κ1) is 10.3. The fraction of sp³-hybridized carbons (Fsp3) is 0.176. The molecule has 0 fully saturated rings. The summed E-state index contributed by atoms with van der Waals surface area (Å²) in [5.74, 6) is 0. The number of aryl methyl sites for hydroxylation is 2. The van der Waals surface area contributed by atoms with Gasteiger partial charge in [-0.1, -0.05) is 60.2 Å². The van der Waals surface area contributed by atoms with Crippen LogP contribution in [-0.2, 0) is 6.42 Å². The summed E-state index contributed by atoms with van der Waals surface area (Å²) in [5, 5.41) is 0. The molecule has 0 spiro atoms. The van der Waals surface area contributed by atoms with Gasteiger partial charge in [-0.15, -0.1) is 0 Å². The Morgan fingerprint density at radius 3 is 2.59 bits per heavy atom. The molecule has 84 valence electrons. The van der Waals surface area contributed by atoms with Crippen molar-refractivity contribution in [2.24, 2.45) is 0 Å². The number of rotatable bonds is 1. The third kappa shape index (κ3) is 1.91. The van der Waals surface area contributed by atoms with Gasteiger partial charge in [0.05, 0.1) is 0 Å². The maximum absolute atomic E-state index is 2.37. The standard InChI is InChI=1S/C17H16/c1-13-10-11-17-15(12-13)8-5-9-16(17)14-6-3-2-4-7-14/h2-4,6-7,9-12H,5,8H2,1H3. The normalized spacial score (nSPS) is 14.1. The van der Waals surface area contributed by atoms with Crippen molar-refractivity contribution in [3.05, 3.63) is 76.9 Å². The Balaban J connectivity index is 2.12. The van der Waals surface area contributed by atoms with E-state index in [9.17, 15) is 0 Å². The van der Waals surface area contributed by atoms with Crippen molar-refractivity contribution < 1.29 is 0 Å². The van der Waals surface area contributed by atoms with Crippen molar-refractivity contribution in [1.29, 1.82) is 0 Å². The second-order valence-electron chi connectivity index (χ2n) is 4.68. The van der Waals surface area contributed by atoms with Crippen LogP contribution in [0.3, 0.4) is 0 Å². The maximum Gasteiger partial charge on any atom is -0.0148 e. The zero-order chi connectivity index (χ0) is 11.7. The fourth-order valence-electron chi connectivity index (χ4n) is 2.57. The average molecular weight is 220 g/mol. The van der Waals surface area contributed by atoms with Gasteiger partial charge in [-0.3, -0.25) is 0 Å². The highest BCUT2D eigenvalue weighted by Gasteiger charge is 2.13. The monoisotopic (exact) mass is 220 g/mol. The molecule has 3 rings (SSSR count). The average Bonchev–Trinajstić information content (AvgIpc) is 2.39. The Bertz CT molecular complexity index is 562. The largest absolute Gasteiger partial charge is 0.0757 e. The summed E-state index contributed by atoms with van der Waals surface area (Å²) in [4.78, 5) is 0. The molecule has 0 unspecified atom stereocenters. The molecule has 2 aromatic carbocycles. The minimum Gasteiger partial charge on any atom is -0.0757 e. The smallest absolute Gasteiger partial charge is 0.0148 e. The Morgan fingerprint density at radius 2 is 1.76 bits per heavy atom. The van der Waals surface area contributed by atoms with Gasteiger partial charge in [0.25, 0.3) is 0 Å². The van der Waals surface area contributed by atoms with Crippen LogP contribution >= 0.6 is 0 Å². The lowest BCUT2D eigenvalue weighted by Gasteiger charge is -2.18. The van der Waals surface area contributed by atoms with Crippen LogP contribution in [0.15, 0.2) is 54.6 Å². The summed E-state index contributed by atoms with van der Waals surface area (Å²) in [6.45, 7) is 2.17. The fourth-order valence-corrected chi connectivity index (χ4v) is 2.57. The number of allylic oxidation sites excluding steroid dienone is 1. The zero-order valence-electron chi connectivity index (χ0n) is 10.1. The van der Waals surface area contributed by atoms with Crippen molar-refractivity contribution in [3.63, 3.8) is 0 Å². The lowest BCUT2D eigenvalue weighted by atomic mass is 9.86. The number of hydrogen-bond donors (Lipinski definition) is 0. The van der Waals surface area contributed by atoms with E-state index in [0.717, 1.165) is 6.42 Å². The molecule has 0 heteroatoms. The topological polar surface area (TPSA) is 0 Å². The summed E-state index contributed by atoms with van der Waals surface area (Å²) >= 11 is 0. The van der Waals surface area contributed by atoms with Gasteiger partial charge in [-0.05, 0) is 42.0 Å². The van der Waals surface area contributed by atoms with Crippen LogP contribution in [0.2, 0.25) is 0 Å². The minimum atomic E-state index is 1.15. The molecular formula is C17H16. The molecule has 0 radical (unpaired) electrons. The van der Waals surface area contributed by atoms with E-state index >= 15 is 0 Å². The van der Waals surface area contributed by atoms with Crippen molar-refractivity contribution in [2.45, 2.75) is 19.8 Å². The van der Waals surface area contributed by atoms with E-state index in [-0.39, 0.29) is 0 Å². The molecule has 0 aromatic heterocycles. The number of fused-ring (bicyclic) bond motifs is 1. The molecule has 0 N–H and O–H groups in total. The van der Waals surface area contributed by atoms with E-state index in [4.69, 9.17) is 0 Å². The lowest BCUT2D eigenvalue weighted by molar-refractivity contribution is 0.974. The Kier molecular flexibility index (Phi) is 2.56. The molecule has 0 bridgehead atoms. The van der Waals surface area contributed by atoms with E-state index in [1.54, 1.807) is 0 Å². The number of hydrogen-bond acceptors (Lipinski definition) is 0. The highest BCUT2D eigenvalue weighted by molar-refractivity contribution is 5.82. The summed E-state index contributed by atoms with van der Waals surface area (Å²) in [6.07, 6.45) is 4.70. The molecule has 1 aliphatic rings. The van der Waals surface area contributed by atoms with E-state index in [2.05, 4.69) is 61.5 Å². The molecule has 0 amide bonds. The summed E-state index contributed by atoms with van der Waals surface area (Å²) < 4.78 is 0. The SMILES string of the molecule is Cc1ccc2c(c1)CCC=C2c1ccccc1. The van der Waals surface area contributed by atoms with Gasteiger partial charge < -0.3 is 0 Å². The predicted molar refractivity (Wildman–Crippen MR) is 73.0 cm³/mol. The third-order valence-corrected chi connectivity index (χ3v) is 3.40. The first-order valence-corrected chi connectivity index (χ1v) is 6.20. The lowest BCUT2D eigenvalue weighted by Crippen LogP contribution is -2.01. The summed E-state index contributed by atoms with van der Waals surface area (Å²) in [5.41, 5.74) is 6.99. The molecule has 2 aromatic rings. The van der Waals surface area contributed by atoms with Gasteiger partial charge in [0.15, 0.2) is 0 Å². The minimum absolute atomic E-state index is 1.15. The van der Waals surface area contributed by atoms with Gasteiger partial charge in [0.2, 0.25) is 0 Å². The van der Waals surface area contributed by atoms with Crippen LogP contribution in [0.1, 0.15) is 28.7 Å². The molecule has 17 heavy (non-hydrogen) atoms. The predicted octanol–water partition coefficient (Wildman–Crippen LogP) is 4.37. The summed E-state index contributed by atoms with van der Waals surface area (Å²) in [7, 11) is 0. The quantitative estimate of drug-likeness (QED) is 0.669. The first-order chi connectivity index (χ1) is 8.34. The van der Waals surface area contributed by atoms with E-state index < -0.39 is 0 Å². The van der Waals surface area contributed by atoms with E-state index in [1.165, 1.54) is 34.2 Å². The van der Waals surface area contributed by atoms with Crippen molar-refractivity contribution in [3.8, 4) is 0 Å². The Hall–Kier alpha value is -1.82. The van der Waals surface area contributed by atoms with Gasteiger partial charge in [0, 0.05) is 0 Å². The van der Waals surface area contributed by atoms with Gasteiger partial charge in [-0.2, -0.15) is 0 Å². The molecule has 0 saturated heterocycles. The summed E-state index contributed by atoms with van der Waals surface area (Å²) in [6, 6.07) is 17.5. The molecule has 0 saturated carbocycles. The zero-order valence-corrected chi connectivity index (χ0v) is 10.1. The van der Waals surface area contributed by atoms with Crippen molar-refractivity contribution in [2.75, 3.05) is 0 Å². The highest BCUT2D eigenvalue weighted by Crippen LogP contribution is 2.31. The van der Waals surface area contributed by atoms with Crippen molar-refractivity contribution in [1.82, 2.24) is 0 Å². The third-order valence-electron chi connectivity index (χ3n) is 3.40. The van der Waals surface area contributed by atoms with Crippen LogP contribution in [0, 0.1) is 6.92 Å². The maximum atomic E-state index is 2.37. The van der Waals surface area contributed by atoms with Gasteiger partial charge in [0.1, 0.15) is 0 Å². The molecule has 0 atom stereocenters. The van der Waals surface area contributed by atoms with Crippen LogP contribution in [0.25, 0.3) is 5.57 Å². The highest BCUT2D eigenvalue weighted by atomic mass is 14.2. The first-order valence-electron chi connectivity index (χ1n) is 6.20. The number of benzene rings is 2. The second kappa shape index (κ2) is 4.21. The van der Waals surface area contributed by atoms with Crippen LogP contribution in [-0.4, -0.2) is 0 Å². The second-order valence-corrected chi connectivity index (χ2v) is 4.68. The molecule has 0 heterocycles. The van der Waals surface area contributed by atoms with Crippen LogP contribution < -0.4 is 0 Å². The molecular weight excluding hydrogens is 204 g/mol. The Labute approximate surface area is 103 Å². The van der Waals surface area contributed by atoms with Gasteiger partial charge >= 0.3 is 0 Å². The molecule has 0 aliphatic heterocycles. The van der Waals surface area contributed by atoms with Gasteiger partial charge in [-0.25, -0.2) is 0 Å². The van der Waals surface area contributed by atoms with Crippen LogP contribution in [0.4, 0.5) is 0 Å². The van der Waals surface area contributed by atoms with E-state index in [1.807, 2.05) is 0 Å². The molecule has 1 aliphatic carbocycles. The molecule has 0 nitrogen and oxygen atoms in total. The van der Waals surface area contributed by atoms with E-state index in [0.29, 0.717) is 0 Å². The van der Waals surface area contributed by atoms with Crippen molar-refractivity contribution >= 4 is 5.57 Å². The Morgan fingerprint density at radius 1 is 0.941 bits per heavy atom. The van der Waals surface area contributed by atoms with Crippen LogP contribution in [0.5, 0.6) is 0 Å².